The van der Waals surface area contributed by atoms with Crippen molar-refractivity contribution in [1.29, 1.82) is 0 Å². The van der Waals surface area contributed by atoms with Crippen LogP contribution in [-0.2, 0) is 4.79 Å². The highest BCUT2D eigenvalue weighted by Gasteiger charge is 2.23. The zero-order valence-corrected chi connectivity index (χ0v) is 11.8. The zero-order valence-electron chi connectivity index (χ0n) is 11.0. The summed E-state index contributed by atoms with van der Waals surface area (Å²) in [5, 5.41) is 11.4. The number of nitrogens with zero attached hydrogens (tertiary/aromatic N) is 1. The molecule has 1 saturated heterocycles. The standard InChI is InChI=1S/C12H22N2O3S/c1-9(3-4-11(15)16)7-13-12(17)14(2)10-5-6-18-8-10/h9-10H,3-8H2,1-2H3,(H,13,17)(H,15,16). The van der Waals surface area contributed by atoms with Gasteiger partial charge >= 0.3 is 12.0 Å². The molecule has 6 heteroatoms. The van der Waals surface area contributed by atoms with Crippen LogP contribution in [-0.4, -0.2) is 53.1 Å². The van der Waals surface area contributed by atoms with Gasteiger partial charge in [-0.2, -0.15) is 11.8 Å². The molecule has 0 radical (unpaired) electrons. The normalized spacial score (nSPS) is 20.4. The maximum Gasteiger partial charge on any atom is 0.317 e. The van der Waals surface area contributed by atoms with Crippen molar-refractivity contribution in [3.05, 3.63) is 0 Å². The molecule has 1 aliphatic heterocycles. The monoisotopic (exact) mass is 274 g/mol. The lowest BCUT2D eigenvalue weighted by Gasteiger charge is -2.24. The molecule has 0 saturated carbocycles. The first-order valence-electron chi connectivity index (χ1n) is 6.31. The van der Waals surface area contributed by atoms with Crippen molar-refractivity contribution in [2.24, 2.45) is 5.92 Å². The van der Waals surface area contributed by atoms with Crippen LogP contribution in [0.15, 0.2) is 0 Å². The Morgan fingerprint density at radius 3 is 2.83 bits per heavy atom. The third-order valence-corrected chi connectivity index (χ3v) is 4.37. The maximum atomic E-state index is 11.9. The van der Waals surface area contributed by atoms with Gasteiger partial charge in [-0.3, -0.25) is 4.79 Å². The number of nitrogens with one attached hydrogen (secondary N) is 1. The lowest BCUT2D eigenvalue weighted by molar-refractivity contribution is -0.137. The molecular formula is C12H22N2O3S. The van der Waals surface area contributed by atoms with Gasteiger partial charge in [-0.15, -0.1) is 0 Å². The summed E-state index contributed by atoms with van der Waals surface area (Å²) in [6.07, 6.45) is 1.81. The predicted octanol–water partition coefficient (Wildman–Crippen LogP) is 1.63. The van der Waals surface area contributed by atoms with Gasteiger partial charge in [-0.25, -0.2) is 4.79 Å². The van der Waals surface area contributed by atoms with Crippen LogP contribution < -0.4 is 5.32 Å². The second-order valence-corrected chi connectivity index (χ2v) is 6.00. The van der Waals surface area contributed by atoms with Crippen LogP contribution >= 0.6 is 11.8 Å². The van der Waals surface area contributed by atoms with E-state index >= 15 is 0 Å². The second kappa shape index (κ2) is 7.51. The van der Waals surface area contributed by atoms with E-state index < -0.39 is 5.97 Å². The van der Waals surface area contributed by atoms with Crippen molar-refractivity contribution in [2.75, 3.05) is 25.1 Å². The number of thioether (sulfide) groups is 1. The van der Waals surface area contributed by atoms with E-state index in [-0.39, 0.29) is 18.4 Å². The summed E-state index contributed by atoms with van der Waals surface area (Å²) in [6.45, 7) is 2.49. The van der Waals surface area contributed by atoms with E-state index in [1.807, 2.05) is 25.7 Å². The number of rotatable bonds is 6. The lowest BCUT2D eigenvalue weighted by Crippen LogP contribution is -2.44. The van der Waals surface area contributed by atoms with E-state index in [4.69, 9.17) is 5.11 Å². The second-order valence-electron chi connectivity index (χ2n) is 4.85. The molecule has 2 amide bonds. The lowest BCUT2D eigenvalue weighted by atomic mass is 10.1. The highest BCUT2D eigenvalue weighted by atomic mass is 32.2. The summed E-state index contributed by atoms with van der Waals surface area (Å²) in [4.78, 5) is 24.1. The molecule has 1 heterocycles. The Morgan fingerprint density at radius 1 is 1.56 bits per heavy atom. The summed E-state index contributed by atoms with van der Waals surface area (Å²) in [5.41, 5.74) is 0. The molecule has 0 aromatic rings. The van der Waals surface area contributed by atoms with Crippen molar-refractivity contribution in [3.63, 3.8) is 0 Å². The van der Waals surface area contributed by atoms with Gasteiger partial charge in [0, 0.05) is 31.8 Å². The van der Waals surface area contributed by atoms with Crippen LogP contribution in [0.5, 0.6) is 0 Å². The first-order valence-corrected chi connectivity index (χ1v) is 7.46. The molecule has 18 heavy (non-hydrogen) atoms. The molecule has 0 aliphatic carbocycles. The largest absolute Gasteiger partial charge is 0.481 e. The molecule has 5 nitrogen and oxygen atoms in total. The number of carbonyl (C=O) groups is 2. The Morgan fingerprint density at radius 2 is 2.28 bits per heavy atom. The molecule has 0 bridgehead atoms. The number of hydrogen-bond donors (Lipinski definition) is 2. The number of carboxylic acids is 1. The molecule has 2 N–H and O–H groups in total. The van der Waals surface area contributed by atoms with Crippen LogP contribution in [0, 0.1) is 5.92 Å². The Kier molecular flexibility index (Phi) is 6.32. The fraction of sp³-hybridized carbons (Fsp3) is 0.833. The van der Waals surface area contributed by atoms with Crippen molar-refractivity contribution in [2.45, 2.75) is 32.2 Å². The van der Waals surface area contributed by atoms with Gasteiger partial charge in [0.15, 0.2) is 0 Å². The van der Waals surface area contributed by atoms with E-state index in [0.717, 1.165) is 17.9 Å². The molecule has 2 unspecified atom stereocenters. The fourth-order valence-electron chi connectivity index (χ4n) is 1.85. The highest BCUT2D eigenvalue weighted by molar-refractivity contribution is 7.99. The average molecular weight is 274 g/mol. The van der Waals surface area contributed by atoms with Crippen LogP contribution in [0.3, 0.4) is 0 Å². The van der Waals surface area contributed by atoms with Crippen LogP contribution in [0.1, 0.15) is 26.2 Å². The number of urea groups is 1. The van der Waals surface area contributed by atoms with E-state index in [9.17, 15) is 9.59 Å². The first-order chi connectivity index (χ1) is 8.50. The van der Waals surface area contributed by atoms with Gasteiger partial charge in [-0.05, 0) is 24.5 Å². The topological polar surface area (TPSA) is 69.6 Å². The van der Waals surface area contributed by atoms with E-state index in [1.165, 1.54) is 0 Å². The predicted molar refractivity (Wildman–Crippen MR) is 72.9 cm³/mol. The molecule has 1 fully saturated rings. The molecular weight excluding hydrogens is 252 g/mol. The van der Waals surface area contributed by atoms with E-state index in [0.29, 0.717) is 19.0 Å². The van der Waals surface area contributed by atoms with Gasteiger partial charge in [0.2, 0.25) is 0 Å². The van der Waals surface area contributed by atoms with Crippen molar-refractivity contribution < 1.29 is 14.7 Å². The zero-order chi connectivity index (χ0) is 13.5. The average Bonchev–Trinajstić information content (AvgIpc) is 2.86. The summed E-state index contributed by atoms with van der Waals surface area (Å²) in [6, 6.07) is 0.286. The SMILES string of the molecule is CC(CCC(=O)O)CNC(=O)N(C)C1CCSC1. The smallest absolute Gasteiger partial charge is 0.317 e. The number of amides is 2. The minimum absolute atomic E-state index is 0.0512. The molecule has 2 atom stereocenters. The van der Waals surface area contributed by atoms with Crippen LogP contribution in [0.4, 0.5) is 4.79 Å². The summed E-state index contributed by atoms with van der Waals surface area (Å²) in [5.74, 6) is 1.54. The summed E-state index contributed by atoms with van der Waals surface area (Å²) >= 11 is 1.88. The highest BCUT2D eigenvalue weighted by Crippen LogP contribution is 2.21. The molecule has 1 rings (SSSR count). The van der Waals surface area contributed by atoms with E-state index in [2.05, 4.69) is 5.32 Å². The summed E-state index contributed by atoms with van der Waals surface area (Å²) in [7, 11) is 1.83. The minimum atomic E-state index is -0.784. The van der Waals surface area contributed by atoms with Crippen molar-refractivity contribution in [1.82, 2.24) is 10.2 Å². The van der Waals surface area contributed by atoms with Crippen molar-refractivity contribution >= 4 is 23.8 Å². The molecule has 104 valence electrons. The van der Waals surface area contributed by atoms with Crippen LogP contribution in [0.25, 0.3) is 0 Å². The molecule has 0 aromatic carbocycles. The van der Waals surface area contributed by atoms with E-state index in [1.54, 1.807) is 4.90 Å². The number of carboxylic acid groups (broad SMARTS) is 1. The molecule has 0 spiro atoms. The Bertz CT molecular complexity index is 293. The first kappa shape index (κ1) is 15.1. The number of carbonyl (C=O) groups excluding carboxylic acids is 1. The van der Waals surface area contributed by atoms with Crippen molar-refractivity contribution in [3.8, 4) is 0 Å². The Balaban J connectivity index is 2.20. The van der Waals surface area contributed by atoms with Gasteiger partial charge in [-0.1, -0.05) is 6.92 Å². The van der Waals surface area contributed by atoms with Crippen LogP contribution in [0.2, 0.25) is 0 Å². The Labute approximate surface area is 112 Å². The third-order valence-electron chi connectivity index (χ3n) is 3.23. The van der Waals surface area contributed by atoms with Gasteiger partial charge in [0.25, 0.3) is 0 Å². The molecule has 1 aliphatic rings. The minimum Gasteiger partial charge on any atom is -0.481 e. The van der Waals surface area contributed by atoms with Gasteiger partial charge in [0.05, 0.1) is 0 Å². The molecule has 0 aromatic heterocycles. The van der Waals surface area contributed by atoms with Gasteiger partial charge in [0.1, 0.15) is 0 Å². The Hall–Kier alpha value is -0.910. The number of aliphatic carboxylic acids is 1. The quantitative estimate of drug-likeness (QED) is 0.772. The maximum absolute atomic E-state index is 11.9. The van der Waals surface area contributed by atoms with Gasteiger partial charge < -0.3 is 15.3 Å². The fourth-order valence-corrected chi connectivity index (χ4v) is 3.12. The third kappa shape index (κ3) is 5.16. The number of hydrogen-bond acceptors (Lipinski definition) is 3. The summed E-state index contributed by atoms with van der Waals surface area (Å²) < 4.78 is 0.